The lowest BCUT2D eigenvalue weighted by atomic mass is 10.0. The van der Waals surface area contributed by atoms with Crippen LogP contribution in [0.4, 0.5) is 5.95 Å². The van der Waals surface area contributed by atoms with E-state index in [1.165, 1.54) is 0 Å². The van der Waals surface area contributed by atoms with Crippen LogP contribution < -0.4 is 15.5 Å². The van der Waals surface area contributed by atoms with Gasteiger partial charge in [-0.25, -0.2) is 9.97 Å². The number of hydrogen-bond donors (Lipinski definition) is 2. The fourth-order valence-corrected chi connectivity index (χ4v) is 2.72. The van der Waals surface area contributed by atoms with Gasteiger partial charge in [-0.15, -0.1) is 0 Å². The number of amides is 2. The first-order valence-electron chi connectivity index (χ1n) is 9.40. The molecule has 150 valence electrons. The van der Waals surface area contributed by atoms with Gasteiger partial charge in [0.2, 0.25) is 17.8 Å². The highest BCUT2D eigenvalue weighted by Crippen LogP contribution is 2.15. The van der Waals surface area contributed by atoms with Gasteiger partial charge in [0.05, 0.1) is 12.2 Å². The maximum atomic E-state index is 12.9. The summed E-state index contributed by atoms with van der Waals surface area (Å²) in [5.74, 6) is 0.389. The minimum absolute atomic E-state index is 0.147. The minimum Gasteiger partial charge on any atom is -0.348 e. The van der Waals surface area contributed by atoms with Crippen molar-refractivity contribution in [2.45, 2.75) is 39.8 Å². The van der Waals surface area contributed by atoms with E-state index in [9.17, 15) is 9.59 Å². The second-order valence-electron chi connectivity index (χ2n) is 7.42. The number of nitrogens with zero attached hydrogens (tertiary/aromatic N) is 3. The first-order chi connectivity index (χ1) is 13.3. The second kappa shape index (κ2) is 9.82. The Hall–Kier alpha value is -2.96. The first-order valence-corrected chi connectivity index (χ1v) is 9.40. The van der Waals surface area contributed by atoms with Crippen molar-refractivity contribution in [2.75, 3.05) is 19.0 Å². The zero-order valence-electron chi connectivity index (χ0n) is 17.2. The van der Waals surface area contributed by atoms with Crippen LogP contribution in [0.5, 0.6) is 0 Å². The number of carbonyl (C=O) groups excluding carboxylic acids is 2. The van der Waals surface area contributed by atoms with E-state index in [0.29, 0.717) is 18.1 Å². The molecule has 2 aromatic rings. The monoisotopic (exact) mass is 383 g/mol. The molecule has 0 unspecified atom stereocenters. The van der Waals surface area contributed by atoms with Gasteiger partial charge in [0, 0.05) is 26.2 Å². The molecule has 0 saturated heterocycles. The quantitative estimate of drug-likeness (QED) is 0.731. The van der Waals surface area contributed by atoms with Crippen molar-refractivity contribution in [3.05, 3.63) is 53.3 Å². The number of aryl methyl sites for hydroxylation is 1. The molecule has 7 nitrogen and oxygen atoms in total. The lowest BCUT2D eigenvalue weighted by Crippen LogP contribution is -2.40. The van der Waals surface area contributed by atoms with Gasteiger partial charge in [-0.1, -0.05) is 44.2 Å². The Balaban J connectivity index is 2.13. The number of carbonyl (C=O) groups is 2. The molecule has 0 radical (unpaired) electrons. The van der Waals surface area contributed by atoms with Gasteiger partial charge in [0.25, 0.3) is 0 Å². The molecule has 0 aliphatic carbocycles. The summed E-state index contributed by atoms with van der Waals surface area (Å²) in [5.41, 5.74) is 2.28. The Morgan fingerprint density at radius 2 is 1.79 bits per heavy atom. The van der Waals surface area contributed by atoms with Gasteiger partial charge < -0.3 is 15.5 Å². The van der Waals surface area contributed by atoms with E-state index in [0.717, 1.165) is 11.3 Å². The van der Waals surface area contributed by atoms with Crippen LogP contribution in [0.3, 0.4) is 0 Å². The molecule has 0 aliphatic heterocycles. The number of rotatable bonds is 8. The Bertz CT molecular complexity index is 806. The molecule has 0 saturated carbocycles. The number of benzene rings is 1. The lowest BCUT2D eigenvalue weighted by Gasteiger charge is -2.20. The maximum Gasteiger partial charge on any atom is 0.247 e. The third kappa shape index (κ3) is 6.33. The van der Waals surface area contributed by atoms with E-state index in [4.69, 9.17) is 0 Å². The molecule has 0 fully saturated rings. The van der Waals surface area contributed by atoms with Crippen LogP contribution in [-0.4, -0.2) is 35.9 Å². The molecule has 7 heteroatoms. The predicted molar refractivity (Wildman–Crippen MR) is 110 cm³/mol. The van der Waals surface area contributed by atoms with Gasteiger partial charge in [-0.2, -0.15) is 0 Å². The van der Waals surface area contributed by atoms with Crippen molar-refractivity contribution in [2.24, 2.45) is 5.92 Å². The van der Waals surface area contributed by atoms with Crippen LogP contribution in [-0.2, 0) is 16.1 Å². The van der Waals surface area contributed by atoms with Crippen molar-refractivity contribution in [1.29, 1.82) is 0 Å². The zero-order chi connectivity index (χ0) is 20.7. The predicted octanol–water partition coefficient (Wildman–Crippen LogP) is 2.37. The number of aromatic nitrogens is 2. The molecule has 2 N–H and O–H groups in total. The second-order valence-corrected chi connectivity index (χ2v) is 7.42. The highest BCUT2D eigenvalue weighted by Gasteiger charge is 2.23. The summed E-state index contributed by atoms with van der Waals surface area (Å²) in [5, 5.41) is 5.74. The van der Waals surface area contributed by atoms with Crippen molar-refractivity contribution < 1.29 is 9.59 Å². The smallest absolute Gasteiger partial charge is 0.247 e. The summed E-state index contributed by atoms with van der Waals surface area (Å²) >= 11 is 0. The molecule has 2 rings (SSSR count). The molecule has 1 heterocycles. The normalized spacial score (nSPS) is 11.8. The molecule has 1 atom stereocenters. The molecule has 1 aromatic heterocycles. The van der Waals surface area contributed by atoms with E-state index in [-0.39, 0.29) is 24.3 Å². The highest BCUT2D eigenvalue weighted by atomic mass is 16.2. The van der Waals surface area contributed by atoms with Crippen LogP contribution >= 0.6 is 0 Å². The highest BCUT2D eigenvalue weighted by molar-refractivity contribution is 5.88. The number of nitrogens with one attached hydrogen (secondary N) is 2. The Kier molecular flexibility index (Phi) is 7.49. The average Bonchev–Trinajstić information content (AvgIpc) is 2.64. The van der Waals surface area contributed by atoms with Gasteiger partial charge in [-0.05, 0) is 24.5 Å². The van der Waals surface area contributed by atoms with Gasteiger partial charge in [0.15, 0.2) is 0 Å². The van der Waals surface area contributed by atoms with Gasteiger partial charge in [0.1, 0.15) is 6.04 Å². The average molecular weight is 383 g/mol. The lowest BCUT2D eigenvalue weighted by molar-refractivity contribution is -0.129. The van der Waals surface area contributed by atoms with E-state index >= 15 is 0 Å². The SMILES string of the molecule is Cc1cc(CNC(=O)[C@@H](NC(=O)CC(C)C)c2ccccc2)nc(N(C)C)n1. The van der Waals surface area contributed by atoms with E-state index in [1.54, 1.807) is 0 Å². The third-order valence-electron chi connectivity index (χ3n) is 4.03. The maximum absolute atomic E-state index is 12.9. The fraction of sp³-hybridized carbons (Fsp3) is 0.429. The summed E-state index contributed by atoms with van der Waals surface area (Å²) in [6, 6.07) is 10.3. The van der Waals surface area contributed by atoms with Crippen LogP contribution in [0.1, 0.15) is 43.3 Å². The number of hydrogen-bond acceptors (Lipinski definition) is 5. The van der Waals surface area contributed by atoms with Crippen LogP contribution in [0.25, 0.3) is 0 Å². The first kappa shape index (κ1) is 21.3. The Labute approximate surface area is 166 Å². The van der Waals surface area contributed by atoms with Crippen molar-refractivity contribution >= 4 is 17.8 Å². The molecular formula is C21H29N5O2. The summed E-state index contributed by atoms with van der Waals surface area (Å²) < 4.78 is 0. The van der Waals surface area contributed by atoms with Gasteiger partial charge in [-0.3, -0.25) is 9.59 Å². The summed E-state index contributed by atoms with van der Waals surface area (Å²) in [6.07, 6.45) is 0.369. The number of anilines is 1. The topological polar surface area (TPSA) is 87.2 Å². The Morgan fingerprint density at radius 3 is 2.39 bits per heavy atom. The van der Waals surface area contributed by atoms with Crippen LogP contribution in [0.2, 0.25) is 0 Å². The molecule has 28 heavy (non-hydrogen) atoms. The fourth-order valence-electron chi connectivity index (χ4n) is 2.72. The summed E-state index contributed by atoms with van der Waals surface area (Å²) in [7, 11) is 3.74. The summed E-state index contributed by atoms with van der Waals surface area (Å²) in [6.45, 7) is 6.08. The van der Waals surface area contributed by atoms with Crippen molar-refractivity contribution in [3.8, 4) is 0 Å². The minimum atomic E-state index is -0.747. The summed E-state index contributed by atoms with van der Waals surface area (Å²) in [4.78, 5) is 35.7. The van der Waals surface area contributed by atoms with E-state index in [1.807, 2.05) is 76.2 Å². The van der Waals surface area contributed by atoms with Crippen molar-refractivity contribution in [1.82, 2.24) is 20.6 Å². The van der Waals surface area contributed by atoms with Crippen LogP contribution in [0.15, 0.2) is 36.4 Å². The molecule has 2 amide bonds. The standard InChI is InChI=1S/C21H29N5O2/c1-14(2)11-18(27)25-19(16-9-7-6-8-10-16)20(28)22-13-17-12-15(3)23-21(24-17)26(4)5/h6-10,12,14,19H,11,13H2,1-5H3,(H,22,28)(H,25,27)/t19-/m0/s1. The van der Waals surface area contributed by atoms with E-state index in [2.05, 4.69) is 20.6 Å². The van der Waals surface area contributed by atoms with Crippen LogP contribution in [0, 0.1) is 12.8 Å². The molecule has 0 spiro atoms. The molecule has 0 bridgehead atoms. The van der Waals surface area contributed by atoms with E-state index < -0.39 is 6.04 Å². The molecular weight excluding hydrogens is 354 g/mol. The van der Waals surface area contributed by atoms with Gasteiger partial charge >= 0.3 is 0 Å². The van der Waals surface area contributed by atoms with Crippen molar-refractivity contribution in [3.63, 3.8) is 0 Å². The zero-order valence-corrected chi connectivity index (χ0v) is 17.2. The Morgan fingerprint density at radius 1 is 1.11 bits per heavy atom. The molecule has 1 aromatic carbocycles. The molecule has 0 aliphatic rings. The third-order valence-corrected chi connectivity index (χ3v) is 4.03. The largest absolute Gasteiger partial charge is 0.348 e.